The van der Waals surface area contributed by atoms with Crippen molar-refractivity contribution in [2.75, 3.05) is 12.4 Å². The Bertz CT molecular complexity index is 1640. The first kappa shape index (κ1) is 29.8. The third kappa shape index (κ3) is 5.42. The number of nitriles is 1. The first-order valence-corrected chi connectivity index (χ1v) is 16.2. The van der Waals surface area contributed by atoms with Crippen molar-refractivity contribution in [1.29, 1.82) is 5.26 Å². The summed E-state index contributed by atoms with van der Waals surface area (Å²) in [6.07, 6.45) is 1.62. The molecule has 4 aromatic rings. The van der Waals surface area contributed by atoms with Crippen molar-refractivity contribution in [3.8, 4) is 17.2 Å². The SMILES string of the molecule is COC(=O)Nc1cc(C(=O)c2cc(C)nc(C#N)c2)cc(-c2cccc3c2ccn3[Si](C(C)C)(C(C)C)C(C)C)c1. The maximum absolute atomic E-state index is 13.7. The molecular weight excluding hydrogens is 528 g/mol. The summed E-state index contributed by atoms with van der Waals surface area (Å²) in [5, 5.41) is 13.2. The van der Waals surface area contributed by atoms with E-state index in [0.29, 0.717) is 39.1 Å². The number of aryl methyl sites for hydroxylation is 1. The number of methoxy groups -OCH3 is 1. The highest BCUT2D eigenvalue weighted by molar-refractivity contribution is 6.82. The zero-order chi connectivity index (χ0) is 30.1. The molecular formula is C33H38N4O3Si. The average Bonchev–Trinajstić information content (AvgIpc) is 3.36. The molecule has 2 aromatic heterocycles. The van der Waals surface area contributed by atoms with E-state index < -0.39 is 14.3 Å². The van der Waals surface area contributed by atoms with E-state index in [0.717, 1.165) is 16.5 Å². The Morgan fingerprint density at radius 3 is 2.22 bits per heavy atom. The molecule has 0 saturated carbocycles. The summed E-state index contributed by atoms with van der Waals surface area (Å²) in [6.45, 7) is 15.8. The Morgan fingerprint density at radius 1 is 0.951 bits per heavy atom. The van der Waals surface area contributed by atoms with E-state index in [-0.39, 0.29) is 11.5 Å². The molecule has 0 bridgehead atoms. The van der Waals surface area contributed by atoms with Crippen molar-refractivity contribution in [1.82, 2.24) is 9.22 Å². The molecule has 0 fully saturated rings. The number of hydrogen-bond acceptors (Lipinski definition) is 5. The summed E-state index contributed by atoms with van der Waals surface area (Å²) in [5.74, 6) is -0.266. The lowest BCUT2D eigenvalue weighted by Gasteiger charge is -2.44. The summed E-state index contributed by atoms with van der Waals surface area (Å²) in [7, 11) is -0.710. The van der Waals surface area contributed by atoms with Gasteiger partial charge in [0, 0.05) is 33.4 Å². The number of anilines is 1. The van der Waals surface area contributed by atoms with Gasteiger partial charge in [-0.15, -0.1) is 0 Å². The van der Waals surface area contributed by atoms with E-state index >= 15 is 0 Å². The van der Waals surface area contributed by atoms with Crippen molar-refractivity contribution in [3.63, 3.8) is 0 Å². The van der Waals surface area contributed by atoms with Crippen molar-refractivity contribution >= 4 is 36.7 Å². The maximum Gasteiger partial charge on any atom is 0.411 e. The van der Waals surface area contributed by atoms with Gasteiger partial charge in [-0.1, -0.05) is 53.7 Å². The quantitative estimate of drug-likeness (QED) is 0.171. The first-order valence-electron chi connectivity index (χ1n) is 14.0. The number of rotatable bonds is 8. The zero-order valence-electron chi connectivity index (χ0n) is 25.1. The molecule has 8 heteroatoms. The Morgan fingerprint density at radius 2 is 1.61 bits per heavy atom. The van der Waals surface area contributed by atoms with Crippen molar-refractivity contribution in [2.24, 2.45) is 0 Å². The molecule has 7 nitrogen and oxygen atoms in total. The van der Waals surface area contributed by atoms with E-state index in [2.05, 4.69) is 80.5 Å². The lowest BCUT2D eigenvalue weighted by Crippen LogP contribution is -2.51. The first-order chi connectivity index (χ1) is 19.4. The fourth-order valence-electron chi connectivity index (χ4n) is 6.77. The van der Waals surface area contributed by atoms with Gasteiger partial charge in [0.15, 0.2) is 14.0 Å². The van der Waals surface area contributed by atoms with Crippen LogP contribution in [0.5, 0.6) is 0 Å². The molecule has 1 N–H and O–H groups in total. The van der Waals surface area contributed by atoms with E-state index in [1.165, 1.54) is 18.7 Å². The lowest BCUT2D eigenvalue weighted by molar-refractivity contribution is 0.103. The van der Waals surface area contributed by atoms with E-state index in [1.54, 1.807) is 19.1 Å². The molecule has 0 atom stereocenters. The summed E-state index contributed by atoms with van der Waals surface area (Å²) in [5.41, 5.74) is 6.46. The molecule has 0 aliphatic heterocycles. The molecule has 0 spiro atoms. The molecule has 4 rings (SSSR count). The number of fused-ring (bicyclic) bond motifs is 1. The van der Waals surface area contributed by atoms with Crippen LogP contribution in [0.2, 0.25) is 16.6 Å². The predicted octanol–water partition coefficient (Wildman–Crippen LogP) is 8.32. The van der Waals surface area contributed by atoms with Gasteiger partial charge >= 0.3 is 6.09 Å². The molecule has 0 aliphatic carbocycles. The number of benzene rings is 2. The van der Waals surface area contributed by atoms with Crippen LogP contribution in [0.3, 0.4) is 0 Å². The van der Waals surface area contributed by atoms with E-state index in [4.69, 9.17) is 4.74 Å². The Balaban J connectivity index is 1.94. The fourth-order valence-corrected chi connectivity index (χ4v) is 13.4. The Labute approximate surface area is 243 Å². The van der Waals surface area contributed by atoms with Crippen molar-refractivity contribution < 1.29 is 14.3 Å². The standard InChI is InChI=1S/C33H38N4O3Si/c1-20(2)41(21(3)4,22(5)6)37-13-12-30-29(10-9-11-31(30)37)24-15-26(17-27(16-24)36-33(39)40-8)32(38)25-14-23(7)35-28(18-25)19-34/h9-18,20-22H,1-8H3,(H,36,39). The zero-order valence-corrected chi connectivity index (χ0v) is 26.1. The minimum atomic E-state index is -2.01. The van der Waals surface area contributed by atoms with Crippen LogP contribution in [0.15, 0.2) is 60.8 Å². The monoisotopic (exact) mass is 566 g/mol. The molecule has 212 valence electrons. The van der Waals surface area contributed by atoms with Crippen LogP contribution < -0.4 is 5.32 Å². The summed E-state index contributed by atoms with van der Waals surface area (Å²) in [4.78, 5) is 30.0. The topological polar surface area (TPSA) is 97.0 Å². The van der Waals surface area contributed by atoms with Gasteiger partial charge in [-0.05, 0) is 83.3 Å². The minimum Gasteiger partial charge on any atom is -0.453 e. The molecule has 2 heterocycles. The number of ether oxygens (including phenoxy) is 1. The molecule has 0 radical (unpaired) electrons. The number of carbonyl (C=O) groups excluding carboxylic acids is 2. The number of hydrogen-bond donors (Lipinski definition) is 1. The van der Waals surface area contributed by atoms with Gasteiger partial charge < -0.3 is 8.97 Å². The number of aromatic nitrogens is 2. The highest BCUT2D eigenvalue weighted by Crippen LogP contribution is 2.45. The van der Waals surface area contributed by atoms with Crippen LogP contribution in [-0.4, -0.2) is 36.4 Å². The number of nitrogens with zero attached hydrogens (tertiary/aromatic N) is 3. The van der Waals surface area contributed by atoms with E-state index in [9.17, 15) is 14.9 Å². The van der Waals surface area contributed by atoms with Gasteiger partial charge in [0.05, 0.1) is 7.11 Å². The van der Waals surface area contributed by atoms with Crippen LogP contribution in [0, 0.1) is 18.3 Å². The lowest BCUT2D eigenvalue weighted by atomic mass is 9.95. The second-order valence-corrected chi connectivity index (χ2v) is 17.2. The number of pyridine rings is 1. The Kier molecular flexibility index (Phi) is 8.50. The Hall–Kier alpha value is -4.22. The van der Waals surface area contributed by atoms with Gasteiger partial charge in [-0.25, -0.2) is 9.78 Å². The fraction of sp³-hybridized carbons (Fsp3) is 0.333. The minimum absolute atomic E-state index is 0.177. The van der Waals surface area contributed by atoms with Crippen LogP contribution in [0.4, 0.5) is 10.5 Å². The number of ketones is 1. The van der Waals surface area contributed by atoms with Crippen LogP contribution in [-0.2, 0) is 4.74 Å². The van der Waals surface area contributed by atoms with Crippen molar-refractivity contribution in [2.45, 2.75) is 65.1 Å². The largest absolute Gasteiger partial charge is 0.453 e. The maximum atomic E-state index is 13.7. The molecule has 0 saturated heterocycles. The van der Waals surface area contributed by atoms with Crippen LogP contribution in [0.1, 0.15) is 68.9 Å². The normalized spacial score (nSPS) is 11.8. The molecule has 0 unspecified atom stereocenters. The number of amides is 1. The summed E-state index contributed by atoms with van der Waals surface area (Å²) < 4.78 is 7.40. The molecule has 41 heavy (non-hydrogen) atoms. The number of nitrogens with one attached hydrogen (secondary N) is 1. The smallest absolute Gasteiger partial charge is 0.411 e. The van der Waals surface area contributed by atoms with Crippen LogP contribution >= 0.6 is 0 Å². The predicted molar refractivity (Wildman–Crippen MR) is 167 cm³/mol. The molecule has 2 aromatic carbocycles. The van der Waals surface area contributed by atoms with Gasteiger partial charge in [0.1, 0.15) is 11.8 Å². The summed E-state index contributed by atoms with van der Waals surface area (Å²) >= 11 is 0. The van der Waals surface area contributed by atoms with Crippen molar-refractivity contribution in [3.05, 3.63) is 83.3 Å². The van der Waals surface area contributed by atoms with E-state index in [1.807, 2.05) is 24.3 Å². The van der Waals surface area contributed by atoms with Gasteiger partial charge in [-0.2, -0.15) is 5.26 Å². The third-order valence-electron chi connectivity index (χ3n) is 8.19. The molecule has 0 aliphatic rings. The third-order valence-corrected chi connectivity index (χ3v) is 15.0. The van der Waals surface area contributed by atoms with Crippen LogP contribution in [0.25, 0.3) is 22.0 Å². The van der Waals surface area contributed by atoms with Gasteiger partial charge in [0.25, 0.3) is 0 Å². The summed E-state index contributed by atoms with van der Waals surface area (Å²) in [6, 6.07) is 19.0. The van der Waals surface area contributed by atoms with Gasteiger partial charge in [-0.3, -0.25) is 10.1 Å². The molecule has 1 amide bonds. The number of carbonyl (C=O) groups is 2. The second-order valence-electron chi connectivity index (χ2n) is 11.5. The highest BCUT2D eigenvalue weighted by atomic mass is 28.3. The second kappa shape index (κ2) is 11.7. The highest BCUT2D eigenvalue weighted by Gasteiger charge is 2.45. The average molecular weight is 567 g/mol. The van der Waals surface area contributed by atoms with Gasteiger partial charge in [0.2, 0.25) is 0 Å².